The Morgan fingerprint density at radius 2 is 2.55 bits per heavy atom. The van der Waals surface area contributed by atoms with E-state index >= 15 is 0 Å². The van der Waals surface area contributed by atoms with E-state index in [1.807, 2.05) is 0 Å². The lowest BCUT2D eigenvalue weighted by Crippen LogP contribution is -2.50. The standard InChI is InChI=1S/C6H6ClN3O/c7-6(11)2-4-8-5-1-3-9-10(5)6/h1-4,9,11H. The zero-order chi connectivity index (χ0) is 7.90. The average Bonchev–Trinajstić information content (AvgIpc) is 2.34. The summed E-state index contributed by atoms with van der Waals surface area (Å²) in [4.78, 5) is 3.96. The lowest BCUT2D eigenvalue weighted by Gasteiger charge is -2.31. The van der Waals surface area contributed by atoms with E-state index in [-0.39, 0.29) is 0 Å². The number of nitrogens with one attached hydrogen (secondary N) is 1. The number of fused-ring (bicyclic) bond motifs is 1. The van der Waals surface area contributed by atoms with E-state index in [1.165, 1.54) is 17.3 Å². The quantitative estimate of drug-likeness (QED) is 0.403. The summed E-state index contributed by atoms with van der Waals surface area (Å²) in [7, 11) is 0. The minimum Gasteiger partial charge on any atom is -0.354 e. The predicted octanol–water partition coefficient (Wildman–Crippen LogP) is 0.131. The maximum absolute atomic E-state index is 9.47. The monoisotopic (exact) mass is 171 g/mol. The zero-order valence-corrected chi connectivity index (χ0v) is 6.28. The second-order valence-electron chi connectivity index (χ2n) is 2.24. The van der Waals surface area contributed by atoms with Crippen LogP contribution in [-0.4, -0.2) is 21.1 Å². The average molecular weight is 172 g/mol. The highest BCUT2D eigenvalue weighted by molar-refractivity contribution is 6.25. The highest BCUT2D eigenvalue weighted by atomic mass is 35.5. The van der Waals surface area contributed by atoms with Gasteiger partial charge in [-0.2, -0.15) is 0 Å². The molecule has 1 unspecified atom stereocenters. The predicted molar refractivity (Wildman–Crippen MR) is 41.5 cm³/mol. The largest absolute Gasteiger partial charge is 0.354 e. The van der Waals surface area contributed by atoms with Crippen molar-refractivity contribution in [2.75, 3.05) is 0 Å². The van der Waals surface area contributed by atoms with Gasteiger partial charge >= 0.3 is 0 Å². The second-order valence-corrected chi connectivity index (χ2v) is 2.79. The molecule has 0 amide bonds. The maximum atomic E-state index is 9.47. The molecule has 0 aliphatic carbocycles. The second kappa shape index (κ2) is 1.99. The highest BCUT2D eigenvalue weighted by Crippen LogP contribution is 2.23. The molecule has 4 nitrogen and oxygen atoms in total. The van der Waals surface area contributed by atoms with Crippen molar-refractivity contribution in [3.8, 4) is 0 Å². The molecule has 0 radical (unpaired) electrons. The van der Waals surface area contributed by atoms with Crippen LogP contribution in [0.1, 0.15) is 0 Å². The molecular weight excluding hydrogens is 166 g/mol. The van der Waals surface area contributed by atoms with Crippen LogP contribution in [0.3, 0.4) is 0 Å². The lowest BCUT2D eigenvalue weighted by molar-refractivity contribution is 0.0343. The molecular formula is C6H6ClN3O. The molecule has 0 aromatic rings. The third kappa shape index (κ3) is 0.911. The van der Waals surface area contributed by atoms with E-state index < -0.39 is 5.18 Å². The van der Waals surface area contributed by atoms with Gasteiger partial charge in [0.2, 0.25) is 0 Å². The van der Waals surface area contributed by atoms with Crippen LogP contribution in [0.2, 0.25) is 0 Å². The molecule has 2 N–H and O–H groups in total. The van der Waals surface area contributed by atoms with Gasteiger partial charge in [-0.15, -0.1) is 0 Å². The first-order chi connectivity index (χ1) is 5.20. The van der Waals surface area contributed by atoms with E-state index in [4.69, 9.17) is 11.6 Å². The molecule has 0 bridgehead atoms. The van der Waals surface area contributed by atoms with Gasteiger partial charge in [-0.3, -0.25) is 0 Å². The van der Waals surface area contributed by atoms with Crippen molar-refractivity contribution in [2.24, 2.45) is 4.99 Å². The number of alkyl halides is 1. The summed E-state index contributed by atoms with van der Waals surface area (Å²) in [5.41, 5.74) is 2.74. The number of aliphatic imine (C=N–C) groups is 1. The molecule has 0 fully saturated rings. The van der Waals surface area contributed by atoms with Crippen LogP contribution in [0.25, 0.3) is 0 Å². The van der Waals surface area contributed by atoms with Gasteiger partial charge in [-0.1, -0.05) is 11.6 Å². The molecule has 5 heteroatoms. The molecule has 11 heavy (non-hydrogen) atoms. The summed E-state index contributed by atoms with van der Waals surface area (Å²) in [5.74, 6) is 0.602. The number of hydrazine groups is 1. The van der Waals surface area contributed by atoms with Crippen LogP contribution in [0.15, 0.2) is 29.5 Å². The van der Waals surface area contributed by atoms with Gasteiger partial charge in [0.05, 0.1) is 0 Å². The fraction of sp³-hybridized carbons (Fsp3) is 0.167. The minimum atomic E-state index is -1.50. The van der Waals surface area contributed by atoms with Crippen LogP contribution >= 0.6 is 11.6 Å². The van der Waals surface area contributed by atoms with Crippen LogP contribution in [0, 0.1) is 0 Å². The minimum absolute atomic E-state index is 0.602. The Bertz CT molecular complexity index is 269. The van der Waals surface area contributed by atoms with E-state index in [9.17, 15) is 5.11 Å². The first-order valence-corrected chi connectivity index (χ1v) is 3.48. The Balaban J connectivity index is 2.38. The molecule has 2 heterocycles. The van der Waals surface area contributed by atoms with Crippen molar-refractivity contribution >= 4 is 17.4 Å². The van der Waals surface area contributed by atoms with Gasteiger partial charge in [0.15, 0.2) is 5.84 Å². The Morgan fingerprint density at radius 1 is 1.73 bits per heavy atom. The lowest BCUT2D eigenvalue weighted by atomic mass is 10.4. The van der Waals surface area contributed by atoms with Gasteiger partial charge in [0.25, 0.3) is 5.18 Å². The Hall–Kier alpha value is -1.00. The normalized spacial score (nSPS) is 33.3. The fourth-order valence-electron chi connectivity index (χ4n) is 0.962. The number of hydrogen-bond acceptors (Lipinski definition) is 4. The zero-order valence-electron chi connectivity index (χ0n) is 5.53. The molecule has 0 aromatic heterocycles. The molecule has 0 aromatic carbocycles. The Labute approximate surface area is 68.4 Å². The number of rotatable bonds is 0. The van der Waals surface area contributed by atoms with Crippen LogP contribution < -0.4 is 5.43 Å². The maximum Gasteiger partial charge on any atom is 0.257 e. The molecule has 58 valence electrons. The summed E-state index contributed by atoms with van der Waals surface area (Å²) in [5, 5.41) is 9.32. The topological polar surface area (TPSA) is 47.9 Å². The highest BCUT2D eigenvalue weighted by Gasteiger charge is 2.34. The summed E-state index contributed by atoms with van der Waals surface area (Å²) in [6.07, 6.45) is 6.23. The number of hydrogen-bond donors (Lipinski definition) is 2. The SMILES string of the molecule is OC1(Cl)C=CN=C2C=CNN21. The van der Waals surface area contributed by atoms with Crippen LogP contribution in [0.5, 0.6) is 0 Å². The first-order valence-electron chi connectivity index (χ1n) is 3.10. The Kier molecular flexibility index (Phi) is 1.21. The summed E-state index contributed by atoms with van der Waals surface area (Å²) >= 11 is 5.68. The van der Waals surface area contributed by atoms with E-state index in [0.717, 1.165) is 0 Å². The van der Waals surface area contributed by atoms with Gasteiger partial charge in [0.1, 0.15) is 0 Å². The van der Waals surface area contributed by atoms with Gasteiger partial charge in [0, 0.05) is 24.6 Å². The van der Waals surface area contributed by atoms with E-state index in [2.05, 4.69) is 10.4 Å². The van der Waals surface area contributed by atoms with Gasteiger partial charge in [-0.05, 0) is 0 Å². The van der Waals surface area contributed by atoms with Gasteiger partial charge < -0.3 is 10.5 Å². The summed E-state index contributed by atoms with van der Waals surface area (Å²) in [6, 6.07) is 0. The summed E-state index contributed by atoms with van der Waals surface area (Å²) < 4.78 is 0. The Morgan fingerprint density at radius 3 is 3.27 bits per heavy atom. The van der Waals surface area contributed by atoms with E-state index in [0.29, 0.717) is 5.84 Å². The summed E-state index contributed by atoms with van der Waals surface area (Å²) in [6.45, 7) is 0. The molecule has 0 saturated heterocycles. The van der Waals surface area contributed by atoms with Crippen molar-refractivity contribution in [1.29, 1.82) is 0 Å². The third-order valence-corrected chi connectivity index (χ3v) is 1.77. The third-order valence-electron chi connectivity index (χ3n) is 1.47. The molecule has 2 rings (SSSR count). The van der Waals surface area contributed by atoms with Crippen molar-refractivity contribution in [2.45, 2.75) is 5.18 Å². The van der Waals surface area contributed by atoms with Crippen molar-refractivity contribution in [1.82, 2.24) is 10.4 Å². The fourth-order valence-corrected chi connectivity index (χ4v) is 1.15. The number of nitrogens with zero attached hydrogens (tertiary/aromatic N) is 2. The van der Waals surface area contributed by atoms with E-state index in [1.54, 1.807) is 12.3 Å². The number of aliphatic hydroxyl groups is 1. The van der Waals surface area contributed by atoms with Crippen molar-refractivity contribution in [3.05, 3.63) is 24.6 Å². The molecule has 0 saturated carbocycles. The van der Waals surface area contributed by atoms with Crippen LogP contribution in [-0.2, 0) is 0 Å². The number of amidine groups is 1. The van der Waals surface area contributed by atoms with Gasteiger partial charge in [-0.25, -0.2) is 10.0 Å². The molecule has 0 spiro atoms. The smallest absolute Gasteiger partial charge is 0.257 e. The number of halogens is 1. The molecule has 2 aliphatic rings. The molecule has 2 aliphatic heterocycles. The molecule has 1 atom stereocenters. The van der Waals surface area contributed by atoms with Crippen LogP contribution in [0.4, 0.5) is 0 Å². The van der Waals surface area contributed by atoms with Crippen molar-refractivity contribution in [3.63, 3.8) is 0 Å². The first kappa shape index (κ1) is 6.69. The van der Waals surface area contributed by atoms with Crippen molar-refractivity contribution < 1.29 is 5.11 Å².